The maximum absolute atomic E-state index is 12.4. The SMILES string of the molecule is CC1=CCN(CC23CC4CC(CC(C4)C2)C3)S(=O)(=O)C1. The van der Waals surface area contributed by atoms with E-state index in [1.165, 1.54) is 38.5 Å². The molecule has 1 heterocycles. The molecule has 4 saturated carbocycles. The highest BCUT2D eigenvalue weighted by Gasteiger charge is 2.52. The summed E-state index contributed by atoms with van der Waals surface area (Å²) in [4.78, 5) is 0. The molecule has 0 saturated heterocycles. The van der Waals surface area contributed by atoms with Gasteiger partial charge in [0.05, 0.1) is 5.75 Å². The molecule has 0 radical (unpaired) electrons. The van der Waals surface area contributed by atoms with Gasteiger partial charge in [-0.05, 0) is 68.6 Å². The Morgan fingerprint density at radius 1 is 1.15 bits per heavy atom. The number of nitrogens with zero attached hydrogens (tertiary/aromatic N) is 1. The Hall–Kier alpha value is -0.350. The van der Waals surface area contributed by atoms with Crippen LogP contribution in [0.15, 0.2) is 11.6 Å². The van der Waals surface area contributed by atoms with Crippen molar-refractivity contribution in [3.05, 3.63) is 11.6 Å². The van der Waals surface area contributed by atoms with Crippen LogP contribution >= 0.6 is 0 Å². The molecular formula is C16H25NO2S. The molecule has 0 atom stereocenters. The van der Waals surface area contributed by atoms with Crippen LogP contribution in [0.1, 0.15) is 45.4 Å². The van der Waals surface area contributed by atoms with Gasteiger partial charge < -0.3 is 0 Å². The Bertz CT molecular complexity index is 514. The van der Waals surface area contributed by atoms with Crippen LogP contribution in [0.4, 0.5) is 0 Å². The van der Waals surface area contributed by atoms with Gasteiger partial charge in [0.15, 0.2) is 0 Å². The van der Waals surface area contributed by atoms with Gasteiger partial charge in [-0.1, -0.05) is 11.6 Å². The monoisotopic (exact) mass is 295 g/mol. The second-order valence-corrected chi connectivity index (χ2v) is 9.99. The molecule has 0 amide bonds. The fourth-order valence-electron chi connectivity index (χ4n) is 5.83. The van der Waals surface area contributed by atoms with Crippen LogP contribution in [0.25, 0.3) is 0 Å². The molecule has 4 bridgehead atoms. The molecule has 1 aliphatic heterocycles. The van der Waals surface area contributed by atoms with Gasteiger partial charge in [-0.3, -0.25) is 0 Å². The highest BCUT2D eigenvalue weighted by atomic mass is 32.2. The summed E-state index contributed by atoms with van der Waals surface area (Å²) >= 11 is 0. The lowest BCUT2D eigenvalue weighted by Gasteiger charge is -2.57. The quantitative estimate of drug-likeness (QED) is 0.735. The number of hydrogen-bond donors (Lipinski definition) is 0. The minimum absolute atomic E-state index is 0.235. The topological polar surface area (TPSA) is 37.4 Å². The fourth-order valence-corrected chi connectivity index (χ4v) is 7.48. The van der Waals surface area contributed by atoms with E-state index >= 15 is 0 Å². The third kappa shape index (κ3) is 2.16. The minimum Gasteiger partial charge on any atom is -0.212 e. The van der Waals surface area contributed by atoms with E-state index in [0.29, 0.717) is 12.0 Å². The van der Waals surface area contributed by atoms with Crippen LogP contribution in [-0.2, 0) is 10.0 Å². The third-order valence-corrected chi connectivity index (χ3v) is 8.01. The van der Waals surface area contributed by atoms with Gasteiger partial charge in [0.1, 0.15) is 0 Å². The zero-order valence-corrected chi connectivity index (χ0v) is 13.2. The predicted molar refractivity (Wildman–Crippen MR) is 79.7 cm³/mol. The van der Waals surface area contributed by atoms with Crippen molar-refractivity contribution < 1.29 is 8.42 Å². The first-order valence-corrected chi connectivity index (χ1v) is 9.69. The van der Waals surface area contributed by atoms with Crippen molar-refractivity contribution in [3.8, 4) is 0 Å². The second-order valence-electron chi connectivity index (χ2n) is 8.02. The molecule has 0 aromatic rings. The van der Waals surface area contributed by atoms with Gasteiger partial charge in [-0.25, -0.2) is 8.42 Å². The van der Waals surface area contributed by atoms with E-state index < -0.39 is 10.0 Å². The lowest BCUT2D eigenvalue weighted by atomic mass is 9.49. The van der Waals surface area contributed by atoms with Crippen LogP contribution in [-0.4, -0.2) is 31.6 Å². The van der Waals surface area contributed by atoms with Crippen molar-refractivity contribution in [3.63, 3.8) is 0 Å². The average Bonchev–Trinajstić information content (AvgIpc) is 2.30. The molecule has 0 aromatic heterocycles. The van der Waals surface area contributed by atoms with Gasteiger partial charge in [0.2, 0.25) is 10.0 Å². The van der Waals surface area contributed by atoms with Crippen LogP contribution in [0.5, 0.6) is 0 Å². The summed E-state index contributed by atoms with van der Waals surface area (Å²) in [6.45, 7) is 3.33. The molecule has 5 rings (SSSR count). The standard InChI is InChI=1S/C16H25NO2S/c1-12-2-3-17(20(18,19)10-12)11-16-7-13-4-14(8-16)6-15(5-13)9-16/h2,13-15H,3-11H2,1H3. The Kier molecular flexibility index (Phi) is 2.88. The second kappa shape index (κ2) is 4.33. The van der Waals surface area contributed by atoms with E-state index in [0.717, 1.165) is 29.9 Å². The van der Waals surface area contributed by atoms with Crippen molar-refractivity contribution in [2.24, 2.45) is 23.2 Å². The zero-order valence-electron chi connectivity index (χ0n) is 12.3. The van der Waals surface area contributed by atoms with E-state index in [-0.39, 0.29) is 5.75 Å². The average molecular weight is 295 g/mol. The molecule has 112 valence electrons. The number of hydrogen-bond acceptors (Lipinski definition) is 2. The lowest BCUT2D eigenvalue weighted by Crippen LogP contribution is -2.53. The van der Waals surface area contributed by atoms with Gasteiger partial charge in [-0.2, -0.15) is 4.31 Å². The molecule has 0 unspecified atom stereocenters. The summed E-state index contributed by atoms with van der Waals surface area (Å²) in [5, 5.41) is 0. The summed E-state index contributed by atoms with van der Waals surface area (Å²) < 4.78 is 26.6. The summed E-state index contributed by atoms with van der Waals surface area (Å²) in [7, 11) is -3.05. The number of sulfonamides is 1. The van der Waals surface area contributed by atoms with Crippen molar-refractivity contribution in [2.75, 3.05) is 18.8 Å². The molecular weight excluding hydrogens is 270 g/mol. The summed E-state index contributed by atoms with van der Waals surface area (Å²) in [6.07, 6.45) is 10.2. The third-order valence-electron chi connectivity index (χ3n) is 6.12. The molecule has 20 heavy (non-hydrogen) atoms. The highest BCUT2D eigenvalue weighted by molar-refractivity contribution is 7.89. The van der Waals surface area contributed by atoms with E-state index in [9.17, 15) is 8.42 Å². The largest absolute Gasteiger partial charge is 0.218 e. The summed E-state index contributed by atoms with van der Waals surface area (Å²) in [5.74, 6) is 2.92. The zero-order chi connectivity index (χ0) is 14.0. The molecule has 0 N–H and O–H groups in total. The van der Waals surface area contributed by atoms with Crippen molar-refractivity contribution in [1.29, 1.82) is 0 Å². The van der Waals surface area contributed by atoms with Crippen LogP contribution < -0.4 is 0 Å². The maximum atomic E-state index is 12.4. The minimum atomic E-state index is -3.05. The van der Waals surface area contributed by atoms with Gasteiger partial charge in [-0.15, -0.1) is 0 Å². The molecule has 4 heteroatoms. The smallest absolute Gasteiger partial charge is 0.212 e. The van der Waals surface area contributed by atoms with Crippen molar-refractivity contribution >= 4 is 10.0 Å². The molecule has 3 nitrogen and oxygen atoms in total. The predicted octanol–water partition coefficient (Wildman–Crippen LogP) is 2.79. The van der Waals surface area contributed by atoms with Crippen LogP contribution in [0.2, 0.25) is 0 Å². The fraction of sp³-hybridized carbons (Fsp3) is 0.875. The maximum Gasteiger partial charge on any atom is 0.218 e. The Morgan fingerprint density at radius 2 is 1.70 bits per heavy atom. The first kappa shape index (κ1) is 13.3. The van der Waals surface area contributed by atoms with Gasteiger partial charge >= 0.3 is 0 Å². The van der Waals surface area contributed by atoms with Crippen LogP contribution in [0.3, 0.4) is 0 Å². The Morgan fingerprint density at radius 3 is 2.20 bits per heavy atom. The Balaban J connectivity index is 1.57. The summed E-state index contributed by atoms with van der Waals surface area (Å²) in [6, 6.07) is 0. The molecule has 0 spiro atoms. The first-order chi connectivity index (χ1) is 9.44. The highest BCUT2D eigenvalue weighted by Crippen LogP contribution is 2.60. The van der Waals surface area contributed by atoms with E-state index in [1.807, 2.05) is 6.92 Å². The van der Waals surface area contributed by atoms with E-state index in [1.54, 1.807) is 4.31 Å². The van der Waals surface area contributed by atoms with Crippen molar-refractivity contribution in [2.45, 2.75) is 45.4 Å². The molecule has 0 aromatic carbocycles. The van der Waals surface area contributed by atoms with Gasteiger partial charge in [0.25, 0.3) is 0 Å². The van der Waals surface area contributed by atoms with E-state index in [4.69, 9.17) is 0 Å². The summed E-state index contributed by atoms with van der Waals surface area (Å²) in [5.41, 5.74) is 1.33. The normalized spacial score (nSPS) is 46.5. The lowest BCUT2D eigenvalue weighted by molar-refractivity contribution is -0.0594. The number of rotatable bonds is 2. The van der Waals surface area contributed by atoms with Gasteiger partial charge in [0, 0.05) is 13.1 Å². The first-order valence-electron chi connectivity index (χ1n) is 8.08. The molecule has 4 fully saturated rings. The molecule has 5 aliphatic rings. The van der Waals surface area contributed by atoms with E-state index in [2.05, 4.69) is 6.08 Å². The molecule has 4 aliphatic carbocycles. The van der Waals surface area contributed by atoms with Crippen LogP contribution in [0, 0.1) is 23.2 Å². The Labute approximate surface area is 122 Å². The van der Waals surface area contributed by atoms with Crippen molar-refractivity contribution in [1.82, 2.24) is 4.31 Å².